The van der Waals surface area contributed by atoms with Crippen LogP contribution in [0.1, 0.15) is 51.9 Å². The van der Waals surface area contributed by atoms with Gasteiger partial charge in [0.25, 0.3) is 0 Å². The first-order chi connectivity index (χ1) is 16.0. The van der Waals surface area contributed by atoms with Crippen molar-refractivity contribution >= 4 is 17.4 Å². The standard InChI is InChI=1S/C25H24ClN5O2/c1-16-14-30(15-27-16)21-11-6-17(13-24(21)33-2)12-23(32)25-22-5-3-4-20(31(22)29-28-25)18-7-9-19(26)10-8-18/h6-11,13-15,20H,3-5,12H2,1-2H3/t20-/m0/s1. The molecule has 0 unspecified atom stereocenters. The number of nitrogens with zero attached hydrogens (tertiary/aromatic N) is 5. The van der Waals surface area contributed by atoms with Gasteiger partial charge in [-0.2, -0.15) is 0 Å². The molecule has 1 atom stereocenters. The van der Waals surface area contributed by atoms with Crippen molar-refractivity contribution in [1.82, 2.24) is 24.5 Å². The maximum atomic E-state index is 13.2. The van der Waals surface area contributed by atoms with Crippen molar-refractivity contribution in [2.75, 3.05) is 7.11 Å². The number of halogens is 1. The highest BCUT2D eigenvalue weighted by Crippen LogP contribution is 2.32. The van der Waals surface area contributed by atoms with Crippen LogP contribution in [0.5, 0.6) is 5.75 Å². The molecule has 0 radical (unpaired) electrons. The van der Waals surface area contributed by atoms with E-state index < -0.39 is 0 Å². The van der Waals surface area contributed by atoms with Crippen molar-refractivity contribution in [3.8, 4) is 11.4 Å². The van der Waals surface area contributed by atoms with Crippen molar-refractivity contribution in [2.45, 2.75) is 38.6 Å². The lowest BCUT2D eigenvalue weighted by atomic mass is 9.94. The Morgan fingerprint density at radius 2 is 2.03 bits per heavy atom. The fourth-order valence-corrected chi connectivity index (χ4v) is 4.58. The van der Waals surface area contributed by atoms with E-state index in [1.165, 1.54) is 0 Å². The highest BCUT2D eigenvalue weighted by atomic mass is 35.5. The topological polar surface area (TPSA) is 74.8 Å². The van der Waals surface area contributed by atoms with Crippen LogP contribution in [-0.4, -0.2) is 37.4 Å². The van der Waals surface area contributed by atoms with Gasteiger partial charge < -0.3 is 9.30 Å². The fraction of sp³-hybridized carbons (Fsp3) is 0.280. The van der Waals surface area contributed by atoms with E-state index in [4.69, 9.17) is 16.3 Å². The number of rotatable bonds is 6. The quantitative estimate of drug-likeness (QED) is 0.386. The lowest BCUT2D eigenvalue weighted by Crippen LogP contribution is -2.21. The Balaban J connectivity index is 1.39. The molecular weight excluding hydrogens is 438 g/mol. The van der Waals surface area contributed by atoms with E-state index >= 15 is 0 Å². The van der Waals surface area contributed by atoms with E-state index in [1.807, 2.05) is 64.8 Å². The molecular formula is C25H24ClN5O2. The maximum Gasteiger partial charge on any atom is 0.189 e. The SMILES string of the molecule is COc1cc(CC(=O)c2nnn3c2CCC[C@H]3c2ccc(Cl)cc2)ccc1-n1cnc(C)c1. The number of hydrogen-bond donors (Lipinski definition) is 0. The number of imidazole rings is 1. The summed E-state index contributed by atoms with van der Waals surface area (Å²) in [5, 5.41) is 9.36. The van der Waals surface area contributed by atoms with Crippen LogP contribution in [0.3, 0.4) is 0 Å². The van der Waals surface area contributed by atoms with E-state index in [0.29, 0.717) is 16.5 Å². The smallest absolute Gasteiger partial charge is 0.189 e. The second-order valence-corrected chi connectivity index (χ2v) is 8.75. The summed E-state index contributed by atoms with van der Waals surface area (Å²) in [6.45, 7) is 1.94. The van der Waals surface area contributed by atoms with Crippen LogP contribution in [0, 0.1) is 6.92 Å². The van der Waals surface area contributed by atoms with Gasteiger partial charge >= 0.3 is 0 Å². The molecule has 1 aliphatic rings. The van der Waals surface area contributed by atoms with Gasteiger partial charge in [0.05, 0.1) is 36.6 Å². The van der Waals surface area contributed by atoms with E-state index in [0.717, 1.165) is 47.5 Å². The van der Waals surface area contributed by atoms with Gasteiger partial charge in [-0.05, 0) is 61.6 Å². The maximum absolute atomic E-state index is 13.2. The predicted molar refractivity (Wildman–Crippen MR) is 125 cm³/mol. The Labute approximate surface area is 197 Å². The molecule has 2 aromatic carbocycles. The third kappa shape index (κ3) is 4.16. The minimum absolute atomic E-state index is 0.0405. The molecule has 5 rings (SSSR count). The zero-order valence-corrected chi connectivity index (χ0v) is 19.3. The summed E-state index contributed by atoms with van der Waals surface area (Å²) in [4.78, 5) is 17.5. The van der Waals surface area contributed by atoms with Gasteiger partial charge in [-0.1, -0.05) is 35.0 Å². The zero-order chi connectivity index (χ0) is 22.9. The molecule has 33 heavy (non-hydrogen) atoms. The van der Waals surface area contributed by atoms with Gasteiger partial charge in [-0.15, -0.1) is 5.10 Å². The van der Waals surface area contributed by atoms with Crippen LogP contribution in [0.25, 0.3) is 5.69 Å². The number of Topliss-reactive ketones (excluding diaryl/α,β-unsaturated/α-hetero) is 1. The Hall–Kier alpha value is -3.45. The molecule has 0 spiro atoms. The molecule has 2 aromatic heterocycles. The third-order valence-corrected chi connectivity index (χ3v) is 6.35. The number of benzene rings is 2. The summed E-state index contributed by atoms with van der Waals surface area (Å²) in [6.07, 6.45) is 6.64. The van der Waals surface area contributed by atoms with Crippen LogP contribution in [0.15, 0.2) is 55.0 Å². The molecule has 0 saturated heterocycles. The van der Waals surface area contributed by atoms with Gasteiger partial charge in [0.1, 0.15) is 5.75 Å². The summed E-state index contributed by atoms with van der Waals surface area (Å²) in [7, 11) is 1.63. The zero-order valence-electron chi connectivity index (χ0n) is 18.5. The second-order valence-electron chi connectivity index (χ2n) is 8.32. The average molecular weight is 462 g/mol. The minimum Gasteiger partial charge on any atom is -0.495 e. The Bertz CT molecular complexity index is 1310. The molecule has 7 nitrogen and oxygen atoms in total. The number of aryl methyl sites for hydroxylation is 1. The Kier molecular flexibility index (Phi) is 5.72. The monoisotopic (exact) mass is 461 g/mol. The molecule has 8 heteroatoms. The number of fused-ring (bicyclic) bond motifs is 1. The summed E-state index contributed by atoms with van der Waals surface area (Å²) >= 11 is 6.05. The number of ether oxygens (including phenoxy) is 1. The number of carbonyl (C=O) groups is 1. The van der Waals surface area contributed by atoms with Crippen molar-refractivity contribution < 1.29 is 9.53 Å². The summed E-state index contributed by atoms with van der Waals surface area (Å²) < 4.78 is 9.40. The van der Waals surface area contributed by atoms with Crippen molar-refractivity contribution in [2.24, 2.45) is 0 Å². The van der Waals surface area contributed by atoms with Crippen molar-refractivity contribution in [3.63, 3.8) is 0 Å². The minimum atomic E-state index is -0.0405. The normalized spacial score (nSPS) is 15.3. The van der Waals surface area contributed by atoms with Crippen LogP contribution < -0.4 is 4.74 Å². The van der Waals surface area contributed by atoms with Crippen molar-refractivity contribution in [1.29, 1.82) is 0 Å². The fourth-order valence-electron chi connectivity index (χ4n) is 4.46. The van der Waals surface area contributed by atoms with Crippen LogP contribution in [0.4, 0.5) is 0 Å². The molecule has 4 aromatic rings. The molecule has 0 bridgehead atoms. The summed E-state index contributed by atoms with van der Waals surface area (Å²) in [5.41, 5.74) is 5.15. The largest absolute Gasteiger partial charge is 0.495 e. The molecule has 0 amide bonds. The number of methoxy groups -OCH3 is 1. The highest BCUT2D eigenvalue weighted by molar-refractivity contribution is 6.30. The van der Waals surface area contributed by atoms with Gasteiger partial charge in [-0.25, -0.2) is 9.67 Å². The van der Waals surface area contributed by atoms with Crippen LogP contribution in [0.2, 0.25) is 5.02 Å². The van der Waals surface area contributed by atoms with E-state index in [9.17, 15) is 4.79 Å². The van der Waals surface area contributed by atoms with Gasteiger partial charge in [0, 0.05) is 17.6 Å². The highest BCUT2D eigenvalue weighted by Gasteiger charge is 2.28. The van der Waals surface area contributed by atoms with Crippen LogP contribution >= 0.6 is 11.6 Å². The molecule has 3 heterocycles. The lowest BCUT2D eigenvalue weighted by Gasteiger charge is -2.24. The van der Waals surface area contributed by atoms with Gasteiger partial charge in [0.15, 0.2) is 11.5 Å². The van der Waals surface area contributed by atoms with Gasteiger partial charge in [0.2, 0.25) is 0 Å². The van der Waals surface area contributed by atoms with Crippen molar-refractivity contribution in [3.05, 3.63) is 88.2 Å². The first kappa shape index (κ1) is 21.4. The molecule has 168 valence electrons. The molecule has 0 N–H and O–H groups in total. The molecule has 0 aliphatic carbocycles. The molecule has 0 saturated carbocycles. The van der Waals surface area contributed by atoms with E-state index in [1.54, 1.807) is 13.4 Å². The number of carbonyl (C=O) groups excluding carboxylic acids is 1. The van der Waals surface area contributed by atoms with Crippen LogP contribution in [-0.2, 0) is 12.8 Å². The van der Waals surface area contributed by atoms with E-state index in [-0.39, 0.29) is 18.2 Å². The Morgan fingerprint density at radius 3 is 2.76 bits per heavy atom. The summed E-state index contributed by atoms with van der Waals surface area (Å²) in [5.74, 6) is 0.645. The number of hydrogen-bond acceptors (Lipinski definition) is 5. The lowest BCUT2D eigenvalue weighted by molar-refractivity contribution is 0.0987. The molecule has 1 aliphatic heterocycles. The molecule has 0 fully saturated rings. The second kappa shape index (κ2) is 8.83. The third-order valence-electron chi connectivity index (χ3n) is 6.09. The van der Waals surface area contributed by atoms with E-state index in [2.05, 4.69) is 15.3 Å². The first-order valence-electron chi connectivity index (χ1n) is 10.9. The summed E-state index contributed by atoms with van der Waals surface area (Å²) in [6, 6.07) is 13.7. The Morgan fingerprint density at radius 1 is 1.21 bits per heavy atom. The van der Waals surface area contributed by atoms with Gasteiger partial charge in [-0.3, -0.25) is 4.79 Å². The predicted octanol–water partition coefficient (Wildman–Crippen LogP) is 4.79. The number of ketones is 1. The average Bonchev–Trinajstić information content (AvgIpc) is 3.46. The first-order valence-corrected chi connectivity index (χ1v) is 11.3. The number of aromatic nitrogens is 5.